The van der Waals surface area contributed by atoms with Crippen molar-refractivity contribution < 1.29 is 13.9 Å². The minimum atomic E-state index is -0.298. The van der Waals surface area contributed by atoms with Crippen LogP contribution in [-0.2, 0) is 0 Å². The van der Waals surface area contributed by atoms with Crippen LogP contribution in [0.3, 0.4) is 0 Å². The first-order chi connectivity index (χ1) is 11.0. The summed E-state index contributed by atoms with van der Waals surface area (Å²) in [5.41, 5.74) is 1.25. The quantitative estimate of drug-likeness (QED) is 0.883. The van der Waals surface area contributed by atoms with Gasteiger partial charge in [0.1, 0.15) is 11.4 Å². The van der Waals surface area contributed by atoms with Crippen LogP contribution in [0, 0.1) is 11.7 Å². The van der Waals surface area contributed by atoms with Crippen LogP contribution in [-0.4, -0.2) is 17.5 Å². The summed E-state index contributed by atoms with van der Waals surface area (Å²) in [6.45, 7) is 6.27. The number of amides is 1. The number of aromatic nitrogens is 1. The standard InChI is InChI=1S/C18H21FN2O2/c1-4-23-18-15(6-5-11-20-18)17(22)21-16(12(2)3)13-7-9-14(19)10-8-13/h5-12,16H,4H2,1-3H3,(H,21,22)/t16-/m0/s1. The van der Waals surface area contributed by atoms with Crippen LogP contribution in [0.25, 0.3) is 0 Å². The van der Waals surface area contributed by atoms with E-state index in [9.17, 15) is 9.18 Å². The molecule has 0 aliphatic rings. The van der Waals surface area contributed by atoms with E-state index in [2.05, 4.69) is 10.3 Å². The molecule has 23 heavy (non-hydrogen) atoms. The van der Waals surface area contributed by atoms with Gasteiger partial charge in [-0.25, -0.2) is 9.37 Å². The van der Waals surface area contributed by atoms with Crippen LogP contribution in [0.5, 0.6) is 5.88 Å². The maximum Gasteiger partial charge on any atom is 0.257 e. The predicted molar refractivity (Wildman–Crippen MR) is 86.9 cm³/mol. The topological polar surface area (TPSA) is 51.2 Å². The van der Waals surface area contributed by atoms with Crippen molar-refractivity contribution in [1.29, 1.82) is 0 Å². The van der Waals surface area contributed by atoms with Crippen molar-refractivity contribution >= 4 is 5.91 Å². The van der Waals surface area contributed by atoms with Gasteiger partial charge in [0.15, 0.2) is 0 Å². The molecule has 0 radical (unpaired) electrons. The fourth-order valence-electron chi connectivity index (χ4n) is 2.34. The van der Waals surface area contributed by atoms with Crippen molar-refractivity contribution in [2.45, 2.75) is 26.8 Å². The van der Waals surface area contributed by atoms with E-state index in [4.69, 9.17) is 4.74 Å². The number of ether oxygens (including phenoxy) is 1. The normalized spacial score (nSPS) is 12.0. The van der Waals surface area contributed by atoms with Gasteiger partial charge in [0.05, 0.1) is 12.6 Å². The van der Waals surface area contributed by atoms with E-state index < -0.39 is 0 Å². The Morgan fingerprint density at radius 1 is 1.26 bits per heavy atom. The summed E-state index contributed by atoms with van der Waals surface area (Å²) in [5.74, 6) is -0.0937. The highest BCUT2D eigenvalue weighted by atomic mass is 19.1. The van der Waals surface area contributed by atoms with Crippen molar-refractivity contribution in [3.8, 4) is 5.88 Å². The van der Waals surface area contributed by atoms with Gasteiger partial charge in [-0.2, -0.15) is 0 Å². The van der Waals surface area contributed by atoms with Crippen LogP contribution >= 0.6 is 0 Å². The minimum Gasteiger partial charge on any atom is -0.477 e. The molecule has 0 fully saturated rings. The van der Waals surface area contributed by atoms with Gasteiger partial charge in [-0.3, -0.25) is 4.79 Å². The third kappa shape index (κ3) is 4.28. The van der Waals surface area contributed by atoms with Crippen LogP contribution in [0.1, 0.15) is 42.7 Å². The molecule has 0 saturated heterocycles. The monoisotopic (exact) mass is 316 g/mol. The smallest absolute Gasteiger partial charge is 0.257 e. The molecular weight excluding hydrogens is 295 g/mol. The SMILES string of the molecule is CCOc1ncccc1C(=O)N[C@H](c1ccc(F)cc1)C(C)C. The zero-order valence-corrected chi connectivity index (χ0v) is 13.5. The Labute approximate surface area is 135 Å². The fourth-order valence-corrected chi connectivity index (χ4v) is 2.34. The van der Waals surface area contributed by atoms with Gasteiger partial charge >= 0.3 is 0 Å². The molecule has 1 amide bonds. The average molecular weight is 316 g/mol. The number of carbonyl (C=O) groups excluding carboxylic acids is 1. The van der Waals surface area contributed by atoms with E-state index in [1.54, 1.807) is 30.5 Å². The fraction of sp³-hybridized carbons (Fsp3) is 0.333. The third-order valence-corrected chi connectivity index (χ3v) is 3.48. The molecule has 1 N–H and O–H groups in total. The van der Waals surface area contributed by atoms with E-state index in [0.717, 1.165) is 5.56 Å². The summed E-state index contributed by atoms with van der Waals surface area (Å²) in [4.78, 5) is 16.7. The van der Waals surface area contributed by atoms with Crippen molar-refractivity contribution in [1.82, 2.24) is 10.3 Å². The third-order valence-electron chi connectivity index (χ3n) is 3.48. The Kier molecular flexibility index (Phi) is 5.68. The van der Waals surface area contributed by atoms with Crippen LogP contribution in [0.4, 0.5) is 4.39 Å². The molecule has 4 nitrogen and oxygen atoms in total. The Morgan fingerprint density at radius 2 is 1.96 bits per heavy atom. The van der Waals surface area contributed by atoms with Crippen molar-refractivity contribution in [3.63, 3.8) is 0 Å². The van der Waals surface area contributed by atoms with Gasteiger partial charge in [0.25, 0.3) is 5.91 Å². The first kappa shape index (κ1) is 16.9. The molecule has 1 heterocycles. The second-order valence-electron chi connectivity index (χ2n) is 5.54. The van der Waals surface area contributed by atoms with Gasteiger partial charge in [0.2, 0.25) is 5.88 Å². The van der Waals surface area contributed by atoms with E-state index >= 15 is 0 Å². The second-order valence-corrected chi connectivity index (χ2v) is 5.54. The molecule has 2 rings (SSSR count). The van der Waals surface area contributed by atoms with E-state index in [1.807, 2.05) is 20.8 Å². The van der Waals surface area contributed by atoms with Gasteiger partial charge < -0.3 is 10.1 Å². The molecule has 0 unspecified atom stereocenters. The highest BCUT2D eigenvalue weighted by molar-refractivity contribution is 5.96. The Balaban J connectivity index is 2.23. The molecule has 2 aromatic rings. The Hall–Kier alpha value is -2.43. The summed E-state index contributed by atoms with van der Waals surface area (Å²) in [6.07, 6.45) is 1.58. The van der Waals surface area contributed by atoms with Gasteiger partial charge in [-0.05, 0) is 42.7 Å². The van der Waals surface area contributed by atoms with Gasteiger partial charge in [0, 0.05) is 6.20 Å². The first-order valence-electron chi connectivity index (χ1n) is 7.67. The molecule has 0 spiro atoms. The highest BCUT2D eigenvalue weighted by Crippen LogP contribution is 2.23. The first-order valence-corrected chi connectivity index (χ1v) is 7.67. The number of nitrogens with zero attached hydrogens (tertiary/aromatic N) is 1. The van der Waals surface area contributed by atoms with Gasteiger partial charge in [-0.1, -0.05) is 26.0 Å². The van der Waals surface area contributed by atoms with Crippen molar-refractivity contribution in [2.75, 3.05) is 6.61 Å². The maximum atomic E-state index is 13.1. The predicted octanol–water partition coefficient (Wildman–Crippen LogP) is 3.75. The van der Waals surface area contributed by atoms with E-state index in [1.165, 1.54) is 12.1 Å². The summed E-state index contributed by atoms with van der Waals surface area (Å²) in [6, 6.07) is 9.31. The number of pyridine rings is 1. The number of nitrogens with one attached hydrogen (secondary N) is 1. The summed E-state index contributed by atoms with van der Waals surface area (Å²) >= 11 is 0. The molecular formula is C18H21FN2O2. The molecule has 0 bridgehead atoms. The maximum absolute atomic E-state index is 13.1. The van der Waals surface area contributed by atoms with Crippen molar-refractivity contribution in [3.05, 3.63) is 59.5 Å². The number of hydrogen-bond acceptors (Lipinski definition) is 3. The van der Waals surface area contributed by atoms with E-state index in [0.29, 0.717) is 18.1 Å². The summed E-state index contributed by atoms with van der Waals surface area (Å²) in [7, 11) is 0. The number of rotatable bonds is 6. The number of carbonyl (C=O) groups is 1. The van der Waals surface area contributed by atoms with Crippen molar-refractivity contribution in [2.24, 2.45) is 5.92 Å². The van der Waals surface area contributed by atoms with Crippen LogP contribution < -0.4 is 10.1 Å². The molecule has 0 aliphatic heterocycles. The zero-order valence-electron chi connectivity index (χ0n) is 13.5. The molecule has 5 heteroatoms. The molecule has 0 aliphatic carbocycles. The lowest BCUT2D eigenvalue weighted by molar-refractivity contribution is 0.0921. The second kappa shape index (κ2) is 7.72. The molecule has 1 aromatic carbocycles. The molecule has 1 atom stereocenters. The number of hydrogen-bond donors (Lipinski definition) is 1. The molecule has 0 saturated carbocycles. The number of halogens is 1. The molecule has 122 valence electrons. The summed E-state index contributed by atoms with van der Waals surface area (Å²) < 4.78 is 18.5. The highest BCUT2D eigenvalue weighted by Gasteiger charge is 2.21. The Bertz CT molecular complexity index is 656. The Morgan fingerprint density at radius 3 is 2.57 bits per heavy atom. The zero-order chi connectivity index (χ0) is 16.8. The average Bonchev–Trinajstić information content (AvgIpc) is 2.54. The lowest BCUT2D eigenvalue weighted by Crippen LogP contribution is -2.32. The minimum absolute atomic E-state index is 0.150. The van der Waals surface area contributed by atoms with E-state index in [-0.39, 0.29) is 23.7 Å². The van der Waals surface area contributed by atoms with Crippen LogP contribution in [0.2, 0.25) is 0 Å². The molecule has 1 aromatic heterocycles. The van der Waals surface area contributed by atoms with Gasteiger partial charge in [-0.15, -0.1) is 0 Å². The lowest BCUT2D eigenvalue weighted by Gasteiger charge is -2.23. The lowest BCUT2D eigenvalue weighted by atomic mass is 9.95. The van der Waals surface area contributed by atoms with Crippen LogP contribution in [0.15, 0.2) is 42.6 Å². The largest absolute Gasteiger partial charge is 0.477 e. The number of benzene rings is 1. The summed E-state index contributed by atoms with van der Waals surface area (Å²) in [5, 5.41) is 2.99.